The van der Waals surface area contributed by atoms with Crippen molar-refractivity contribution in [3.05, 3.63) is 46.6 Å². The van der Waals surface area contributed by atoms with Gasteiger partial charge in [-0.1, -0.05) is 0 Å². The van der Waals surface area contributed by atoms with E-state index in [1.54, 1.807) is 30.3 Å². The van der Waals surface area contributed by atoms with Crippen LogP contribution in [0.5, 0.6) is 17.2 Å². The Labute approximate surface area is 188 Å². The molecule has 116 valence electrons. The van der Waals surface area contributed by atoms with Gasteiger partial charge in [-0.05, 0) is 104 Å². The van der Waals surface area contributed by atoms with Gasteiger partial charge in [0.05, 0.1) is 17.1 Å². The summed E-state index contributed by atoms with van der Waals surface area (Å²) in [5.74, 6) is 0.665. The van der Waals surface area contributed by atoms with Crippen LogP contribution in [-0.4, -0.2) is 43.5 Å². The minimum absolute atomic E-state index is 0. The normalized spacial score (nSPS) is 9.95. The minimum atomic E-state index is -0.858. The molecule has 0 atom stereocenters. The number of hydrogen-bond donors (Lipinski definition) is 2. The second-order valence-electron chi connectivity index (χ2n) is 4.17. The van der Waals surface area contributed by atoms with Crippen LogP contribution in [0.1, 0.15) is 5.56 Å². The SMILES string of the molecule is O=C(O)Cc1cc(I)c(Oc2ccc(O)c(I)c2)c(I)c1.[PbH2]. The molecule has 22 heavy (non-hydrogen) atoms. The summed E-state index contributed by atoms with van der Waals surface area (Å²) in [5.41, 5.74) is 0.740. The molecule has 0 aliphatic carbocycles. The van der Waals surface area contributed by atoms with Gasteiger partial charge in [0.1, 0.15) is 11.5 Å². The second kappa shape index (κ2) is 9.20. The molecule has 0 saturated heterocycles. The first-order valence-corrected chi connectivity index (χ1v) is 8.96. The zero-order valence-corrected chi connectivity index (χ0v) is 23.1. The first-order chi connectivity index (χ1) is 9.86. The fraction of sp³-hybridized carbons (Fsp3) is 0.0714. The van der Waals surface area contributed by atoms with Gasteiger partial charge in [0.15, 0.2) is 5.75 Å². The van der Waals surface area contributed by atoms with Crippen LogP contribution in [0.4, 0.5) is 0 Å². The Bertz CT molecular complexity index is 683. The number of aliphatic carboxylic acids is 1. The van der Waals surface area contributed by atoms with Crippen LogP contribution in [0, 0.1) is 10.7 Å². The van der Waals surface area contributed by atoms with Crippen molar-refractivity contribution >= 4 is 101 Å². The number of carboxylic acid groups (broad SMARTS) is 1. The molecule has 2 aromatic carbocycles. The van der Waals surface area contributed by atoms with Gasteiger partial charge in [-0.25, -0.2) is 0 Å². The molecule has 0 aromatic heterocycles. The Kier molecular flexibility index (Phi) is 8.64. The van der Waals surface area contributed by atoms with Crippen LogP contribution in [0.25, 0.3) is 0 Å². The molecule has 2 radical (unpaired) electrons. The Morgan fingerprint density at radius 3 is 2.14 bits per heavy atom. The van der Waals surface area contributed by atoms with Crippen LogP contribution in [0.3, 0.4) is 0 Å². The number of benzene rings is 2. The topological polar surface area (TPSA) is 66.8 Å². The number of halogens is 3. The van der Waals surface area contributed by atoms with E-state index in [2.05, 4.69) is 45.2 Å². The molecule has 2 aromatic rings. The molecule has 0 unspecified atom stereocenters. The summed E-state index contributed by atoms with van der Waals surface area (Å²) in [4.78, 5) is 10.8. The summed E-state index contributed by atoms with van der Waals surface area (Å²) < 4.78 is 8.26. The van der Waals surface area contributed by atoms with Crippen molar-refractivity contribution in [2.45, 2.75) is 6.42 Å². The molecular weight excluding hydrogens is 820 g/mol. The summed E-state index contributed by atoms with van der Waals surface area (Å²) in [6, 6.07) is 8.62. The van der Waals surface area contributed by atoms with E-state index in [1.807, 2.05) is 22.6 Å². The van der Waals surface area contributed by atoms with Crippen molar-refractivity contribution in [3.63, 3.8) is 0 Å². The van der Waals surface area contributed by atoms with Gasteiger partial charge in [-0.15, -0.1) is 0 Å². The van der Waals surface area contributed by atoms with Gasteiger partial charge in [-0.3, -0.25) is 4.79 Å². The van der Waals surface area contributed by atoms with E-state index >= 15 is 0 Å². The number of hydrogen-bond acceptors (Lipinski definition) is 3. The van der Waals surface area contributed by atoms with Crippen molar-refractivity contribution in [2.24, 2.45) is 0 Å². The maximum absolute atomic E-state index is 10.8. The molecule has 0 bridgehead atoms. The molecule has 0 aliphatic rings. The van der Waals surface area contributed by atoms with E-state index in [1.165, 1.54) is 0 Å². The molecule has 0 saturated carbocycles. The standard InChI is InChI=1S/C14H9I3O4.Pb.2H/c15-9-6-8(1-2-12(9)18)21-14-10(16)3-7(4-11(14)17)5-13(19)20;;;/h1-4,6,18H,5H2,(H,19,20);;;. The third-order valence-corrected chi connectivity index (χ3v) is 5.02. The van der Waals surface area contributed by atoms with E-state index in [4.69, 9.17) is 9.84 Å². The van der Waals surface area contributed by atoms with E-state index in [-0.39, 0.29) is 39.5 Å². The van der Waals surface area contributed by atoms with Crippen molar-refractivity contribution < 1.29 is 19.7 Å². The van der Waals surface area contributed by atoms with Crippen LogP contribution < -0.4 is 4.74 Å². The Morgan fingerprint density at radius 1 is 1.05 bits per heavy atom. The third kappa shape index (κ3) is 5.61. The monoisotopic (exact) mass is 832 g/mol. The molecule has 2 rings (SSSR count). The average molecular weight is 831 g/mol. The molecule has 0 amide bonds. The van der Waals surface area contributed by atoms with E-state index in [0.717, 1.165) is 12.7 Å². The van der Waals surface area contributed by atoms with Crippen LogP contribution >= 0.6 is 67.8 Å². The average Bonchev–Trinajstić information content (AvgIpc) is 2.37. The first kappa shape index (κ1) is 20.7. The van der Waals surface area contributed by atoms with Crippen molar-refractivity contribution in [3.8, 4) is 17.2 Å². The van der Waals surface area contributed by atoms with Gasteiger partial charge in [0.25, 0.3) is 0 Å². The molecule has 0 heterocycles. The Morgan fingerprint density at radius 2 is 1.64 bits per heavy atom. The quantitative estimate of drug-likeness (QED) is 0.365. The molecule has 4 nitrogen and oxygen atoms in total. The van der Waals surface area contributed by atoms with Crippen LogP contribution in [-0.2, 0) is 11.2 Å². The number of carbonyl (C=O) groups is 1. The number of phenolic OH excluding ortho intramolecular Hbond substituents is 1. The van der Waals surface area contributed by atoms with Crippen molar-refractivity contribution in [2.75, 3.05) is 0 Å². The summed E-state index contributed by atoms with van der Waals surface area (Å²) >= 11 is 6.28. The summed E-state index contributed by atoms with van der Waals surface area (Å²) in [5, 5.41) is 18.4. The van der Waals surface area contributed by atoms with E-state index < -0.39 is 5.97 Å². The van der Waals surface area contributed by atoms with Gasteiger partial charge in [0, 0.05) is 0 Å². The van der Waals surface area contributed by atoms with E-state index in [0.29, 0.717) is 15.1 Å². The number of rotatable bonds is 4. The molecule has 0 aliphatic heterocycles. The van der Waals surface area contributed by atoms with Gasteiger partial charge < -0.3 is 14.9 Å². The van der Waals surface area contributed by atoms with Crippen molar-refractivity contribution in [1.29, 1.82) is 0 Å². The second-order valence-corrected chi connectivity index (χ2v) is 7.66. The Hall–Kier alpha value is 0.622. The van der Waals surface area contributed by atoms with E-state index in [9.17, 15) is 9.90 Å². The number of carboxylic acids is 1. The number of ether oxygens (including phenoxy) is 1. The molecule has 8 heteroatoms. The zero-order valence-electron chi connectivity index (χ0n) is 11.1. The van der Waals surface area contributed by atoms with Gasteiger partial charge >= 0.3 is 33.3 Å². The number of aromatic hydroxyl groups is 1. The predicted molar refractivity (Wildman–Crippen MR) is 113 cm³/mol. The maximum atomic E-state index is 10.8. The number of phenols is 1. The summed E-state index contributed by atoms with van der Waals surface area (Å²) in [7, 11) is 0. The first-order valence-electron chi connectivity index (χ1n) is 5.73. The third-order valence-electron chi connectivity index (χ3n) is 2.55. The van der Waals surface area contributed by atoms with Crippen LogP contribution in [0.2, 0.25) is 0 Å². The molecule has 0 spiro atoms. The zero-order chi connectivity index (χ0) is 15.6. The molecule has 2 N–H and O–H groups in total. The molecular formula is C14H11I3O4Pb. The predicted octanol–water partition coefficient (Wildman–Crippen LogP) is 3.71. The van der Waals surface area contributed by atoms with Gasteiger partial charge in [-0.2, -0.15) is 0 Å². The van der Waals surface area contributed by atoms with Gasteiger partial charge in [0.2, 0.25) is 0 Å². The Balaban J connectivity index is 0.00000242. The summed E-state index contributed by atoms with van der Waals surface area (Å²) in [6.07, 6.45) is -0.0105. The fourth-order valence-corrected chi connectivity index (χ4v) is 4.26. The van der Waals surface area contributed by atoms with Crippen molar-refractivity contribution in [1.82, 2.24) is 0 Å². The molecule has 0 fully saturated rings. The fourth-order valence-electron chi connectivity index (χ4n) is 1.66. The van der Waals surface area contributed by atoms with Crippen LogP contribution in [0.15, 0.2) is 30.3 Å². The summed E-state index contributed by atoms with van der Waals surface area (Å²) in [6.45, 7) is 0.